The molecule has 1 N–H and O–H groups in total. The van der Waals surface area contributed by atoms with E-state index in [0.29, 0.717) is 19.3 Å². The van der Waals surface area contributed by atoms with Gasteiger partial charge in [0.2, 0.25) is 5.91 Å². The lowest BCUT2D eigenvalue weighted by Gasteiger charge is -2.17. The number of pyridine rings is 2. The van der Waals surface area contributed by atoms with E-state index in [9.17, 15) is 4.79 Å². The number of carbonyl (C=O) groups is 1. The molecule has 1 amide bonds. The smallest absolute Gasteiger partial charge is 0.220 e. The van der Waals surface area contributed by atoms with Gasteiger partial charge >= 0.3 is 0 Å². The maximum atomic E-state index is 12.6. The number of carbonyl (C=O) groups excluding carboxylic acids is 1. The summed E-state index contributed by atoms with van der Waals surface area (Å²) in [6.07, 6.45) is 8.56. The van der Waals surface area contributed by atoms with E-state index in [2.05, 4.69) is 32.0 Å². The predicted molar refractivity (Wildman–Crippen MR) is 113 cm³/mol. The fourth-order valence-electron chi connectivity index (χ4n) is 3.33. The number of nitrogens with zero attached hydrogens (tertiary/aromatic N) is 6. The largest absolute Gasteiger partial charge is 0.346 e. The number of amides is 1. The molecular formula is C20H23N7OS. The van der Waals surface area contributed by atoms with Gasteiger partial charge in [0.25, 0.3) is 0 Å². The van der Waals surface area contributed by atoms with Crippen LogP contribution in [0.1, 0.15) is 37.0 Å². The lowest BCUT2D eigenvalue weighted by Crippen LogP contribution is -2.30. The summed E-state index contributed by atoms with van der Waals surface area (Å²) in [6, 6.07) is 11.4. The van der Waals surface area contributed by atoms with Gasteiger partial charge in [-0.1, -0.05) is 12.1 Å². The minimum absolute atomic E-state index is 0.0117. The quantitative estimate of drug-likeness (QED) is 0.457. The summed E-state index contributed by atoms with van der Waals surface area (Å²) in [5, 5.41) is 20.1. The Morgan fingerprint density at radius 3 is 2.55 bits per heavy atom. The molecular weight excluding hydrogens is 386 g/mol. The normalized spacial score (nSPS) is 12.4. The van der Waals surface area contributed by atoms with Gasteiger partial charge in [0.05, 0.1) is 6.04 Å². The number of hydrogen-bond acceptors (Lipinski definition) is 6. The van der Waals surface area contributed by atoms with Crippen LogP contribution >= 0.6 is 11.8 Å². The minimum Gasteiger partial charge on any atom is -0.346 e. The fraction of sp³-hybridized carbons (Fsp3) is 0.350. The van der Waals surface area contributed by atoms with Gasteiger partial charge < -0.3 is 5.32 Å². The van der Waals surface area contributed by atoms with Crippen molar-refractivity contribution in [2.24, 2.45) is 0 Å². The van der Waals surface area contributed by atoms with Gasteiger partial charge in [-0.2, -0.15) is 11.8 Å². The molecule has 4 rings (SSSR count). The van der Waals surface area contributed by atoms with Crippen molar-refractivity contribution in [3.05, 3.63) is 60.4 Å². The first-order valence-corrected chi connectivity index (χ1v) is 11.0. The number of rotatable bonds is 9. The third-order valence-corrected chi connectivity index (χ3v) is 5.43. The second-order valence-corrected chi connectivity index (χ2v) is 7.77. The van der Waals surface area contributed by atoms with E-state index in [0.717, 1.165) is 35.1 Å². The van der Waals surface area contributed by atoms with Gasteiger partial charge in [-0.3, -0.25) is 13.6 Å². The van der Waals surface area contributed by atoms with Crippen LogP contribution in [0.2, 0.25) is 0 Å². The molecule has 4 aromatic rings. The molecule has 1 atom stereocenters. The Balaban J connectivity index is 1.39. The van der Waals surface area contributed by atoms with E-state index >= 15 is 0 Å². The Morgan fingerprint density at radius 2 is 1.76 bits per heavy atom. The van der Waals surface area contributed by atoms with Crippen molar-refractivity contribution in [2.75, 3.05) is 12.0 Å². The molecule has 0 saturated heterocycles. The zero-order chi connectivity index (χ0) is 20.1. The Labute approximate surface area is 172 Å². The topological polar surface area (TPSA) is 89.5 Å². The molecule has 0 fully saturated rings. The second kappa shape index (κ2) is 9.04. The van der Waals surface area contributed by atoms with E-state index in [4.69, 9.17) is 0 Å². The lowest BCUT2D eigenvalue weighted by molar-refractivity contribution is -0.122. The molecule has 0 saturated carbocycles. The van der Waals surface area contributed by atoms with Crippen LogP contribution < -0.4 is 5.32 Å². The predicted octanol–water partition coefficient (Wildman–Crippen LogP) is 2.71. The average molecular weight is 410 g/mol. The molecule has 0 aliphatic carbocycles. The van der Waals surface area contributed by atoms with Crippen molar-refractivity contribution in [2.45, 2.75) is 31.7 Å². The maximum Gasteiger partial charge on any atom is 0.220 e. The van der Waals surface area contributed by atoms with Crippen molar-refractivity contribution in [1.29, 1.82) is 0 Å². The average Bonchev–Trinajstić information content (AvgIpc) is 3.36. The Hall–Kier alpha value is -2.94. The minimum atomic E-state index is -0.165. The number of hydrogen-bond donors (Lipinski definition) is 1. The van der Waals surface area contributed by atoms with E-state index in [1.165, 1.54) is 0 Å². The lowest BCUT2D eigenvalue weighted by atomic mass is 10.1. The van der Waals surface area contributed by atoms with Gasteiger partial charge in [0, 0.05) is 25.2 Å². The molecule has 0 aliphatic rings. The van der Waals surface area contributed by atoms with E-state index < -0.39 is 0 Å². The summed E-state index contributed by atoms with van der Waals surface area (Å²) in [6.45, 7) is 0. The third-order valence-electron chi connectivity index (χ3n) is 4.79. The molecule has 0 bridgehead atoms. The van der Waals surface area contributed by atoms with Crippen molar-refractivity contribution in [1.82, 2.24) is 34.5 Å². The standard InChI is InChI=1S/C20H23N7OS/c1-29-14-11-15(20-25-24-18-8-3-5-13-27(18)20)21-19(28)10-6-9-17-23-22-16-7-2-4-12-26(16)17/h2-5,7-8,12-13,15H,6,9-11,14H2,1H3,(H,21,28)/t15-/m0/s1. The molecule has 0 spiro atoms. The number of nitrogens with one attached hydrogen (secondary N) is 1. The van der Waals surface area contributed by atoms with Gasteiger partial charge in [0.15, 0.2) is 17.1 Å². The Bertz CT molecular complexity index is 1110. The van der Waals surface area contributed by atoms with Crippen molar-refractivity contribution in [3.63, 3.8) is 0 Å². The zero-order valence-electron chi connectivity index (χ0n) is 16.2. The van der Waals surface area contributed by atoms with Crippen LogP contribution in [-0.2, 0) is 11.2 Å². The van der Waals surface area contributed by atoms with Crippen LogP contribution in [0.5, 0.6) is 0 Å². The summed E-state index contributed by atoms with van der Waals surface area (Å²) < 4.78 is 3.90. The molecule has 29 heavy (non-hydrogen) atoms. The molecule has 4 aromatic heterocycles. The Kier molecular flexibility index (Phi) is 6.04. The molecule has 4 heterocycles. The van der Waals surface area contributed by atoms with E-state index in [1.54, 1.807) is 11.8 Å². The van der Waals surface area contributed by atoms with Crippen LogP contribution in [0.3, 0.4) is 0 Å². The van der Waals surface area contributed by atoms with Gasteiger partial charge in [0.1, 0.15) is 5.82 Å². The first kappa shape index (κ1) is 19.4. The molecule has 0 radical (unpaired) electrons. The number of aromatic nitrogens is 6. The van der Waals surface area contributed by atoms with Crippen LogP contribution in [0.4, 0.5) is 0 Å². The summed E-state index contributed by atoms with van der Waals surface area (Å²) in [5.41, 5.74) is 1.60. The Morgan fingerprint density at radius 1 is 1.03 bits per heavy atom. The number of aryl methyl sites for hydroxylation is 1. The first-order valence-electron chi connectivity index (χ1n) is 9.63. The summed E-state index contributed by atoms with van der Waals surface area (Å²) in [4.78, 5) is 12.6. The maximum absolute atomic E-state index is 12.6. The number of thioether (sulfide) groups is 1. The fourth-order valence-corrected chi connectivity index (χ4v) is 3.81. The highest BCUT2D eigenvalue weighted by atomic mass is 32.2. The van der Waals surface area contributed by atoms with Gasteiger partial charge in [-0.15, -0.1) is 20.4 Å². The molecule has 0 aromatic carbocycles. The number of fused-ring (bicyclic) bond motifs is 2. The van der Waals surface area contributed by atoms with Crippen LogP contribution in [-0.4, -0.2) is 47.1 Å². The highest BCUT2D eigenvalue weighted by Gasteiger charge is 2.20. The highest BCUT2D eigenvalue weighted by molar-refractivity contribution is 7.98. The molecule has 9 heteroatoms. The molecule has 8 nitrogen and oxygen atoms in total. The van der Waals surface area contributed by atoms with E-state index in [-0.39, 0.29) is 11.9 Å². The summed E-state index contributed by atoms with van der Waals surface area (Å²) in [7, 11) is 0. The third kappa shape index (κ3) is 4.40. The molecule has 0 aliphatic heterocycles. The summed E-state index contributed by atoms with van der Waals surface area (Å²) >= 11 is 1.75. The SMILES string of the molecule is CSCC[C@H](NC(=O)CCCc1nnc2ccccn12)c1nnc2ccccn12. The van der Waals surface area contributed by atoms with Gasteiger partial charge in [-0.05, 0) is 49.1 Å². The first-order chi connectivity index (χ1) is 14.3. The van der Waals surface area contributed by atoms with E-state index in [1.807, 2.05) is 57.6 Å². The second-order valence-electron chi connectivity index (χ2n) is 6.79. The highest BCUT2D eigenvalue weighted by Crippen LogP contribution is 2.18. The molecule has 0 unspecified atom stereocenters. The van der Waals surface area contributed by atoms with Crippen molar-refractivity contribution < 1.29 is 4.79 Å². The van der Waals surface area contributed by atoms with Crippen molar-refractivity contribution >= 4 is 29.0 Å². The van der Waals surface area contributed by atoms with Gasteiger partial charge in [-0.25, -0.2) is 0 Å². The zero-order valence-corrected chi connectivity index (χ0v) is 17.0. The monoisotopic (exact) mass is 409 g/mol. The van der Waals surface area contributed by atoms with Crippen LogP contribution in [0.15, 0.2) is 48.8 Å². The van der Waals surface area contributed by atoms with Crippen molar-refractivity contribution in [3.8, 4) is 0 Å². The summed E-state index contributed by atoms with van der Waals surface area (Å²) in [5.74, 6) is 2.58. The molecule has 150 valence electrons. The van der Waals surface area contributed by atoms with Crippen LogP contribution in [0, 0.1) is 0 Å². The van der Waals surface area contributed by atoms with Crippen LogP contribution in [0.25, 0.3) is 11.3 Å².